The van der Waals surface area contributed by atoms with Crippen molar-refractivity contribution >= 4 is 27.3 Å². The van der Waals surface area contributed by atoms with Gasteiger partial charge < -0.3 is 5.32 Å². The molecule has 0 spiro atoms. The molecule has 0 saturated heterocycles. The van der Waals surface area contributed by atoms with Gasteiger partial charge in [-0.1, -0.05) is 6.92 Å². The molecule has 0 radical (unpaired) electrons. The molecule has 2 rings (SSSR count). The van der Waals surface area contributed by atoms with E-state index in [0.717, 1.165) is 17.4 Å². The molecule has 3 nitrogen and oxygen atoms in total. The molecule has 0 saturated carbocycles. The minimum absolute atomic E-state index is 0.211. The number of hydrogen-bond donors (Lipinski definition) is 1. The zero-order chi connectivity index (χ0) is 12.3. The van der Waals surface area contributed by atoms with Gasteiger partial charge in [-0.25, -0.2) is 0 Å². The van der Waals surface area contributed by atoms with Crippen molar-refractivity contribution in [3.63, 3.8) is 0 Å². The number of rotatable bonds is 5. The van der Waals surface area contributed by atoms with Crippen LogP contribution in [-0.4, -0.2) is 16.3 Å². The van der Waals surface area contributed by atoms with E-state index in [9.17, 15) is 0 Å². The third-order valence-corrected chi connectivity index (χ3v) is 4.46. The van der Waals surface area contributed by atoms with Crippen LogP contribution in [-0.2, 0) is 7.05 Å². The number of aromatic nitrogens is 2. The van der Waals surface area contributed by atoms with Crippen molar-refractivity contribution in [3.8, 4) is 0 Å². The molecular weight excluding hydrogens is 298 g/mol. The molecule has 0 bridgehead atoms. The number of thiophene rings is 1. The standard InChI is InChI=1S/C12H16BrN3S/c1-3-5-14-12(9-7-17-8-10(9)13)11-4-6-15-16(11)2/h4,6-8,12,14H,3,5H2,1-2H3. The Morgan fingerprint density at radius 1 is 1.53 bits per heavy atom. The molecule has 0 aromatic carbocycles. The van der Waals surface area contributed by atoms with Gasteiger partial charge in [0.15, 0.2) is 0 Å². The van der Waals surface area contributed by atoms with Gasteiger partial charge in [-0.15, -0.1) is 0 Å². The molecule has 5 heteroatoms. The van der Waals surface area contributed by atoms with E-state index in [-0.39, 0.29) is 6.04 Å². The zero-order valence-electron chi connectivity index (χ0n) is 9.98. The molecule has 17 heavy (non-hydrogen) atoms. The second-order valence-electron chi connectivity index (χ2n) is 3.94. The molecule has 0 aliphatic rings. The molecule has 92 valence electrons. The minimum atomic E-state index is 0.211. The Labute approximate surface area is 114 Å². The van der Waals surface area contributed by atoms with Crippen molar-refractivity contribution in [1.82, 2.24) is 15.1 Å². The van der Waals surface area contributed by atoms with Gasteiger partial charge in [0, 0.05) is 23.1 Å². The summed E-state index contributed by atoms with van der Waals surface area (Å²) in [4.78, 5) is 0. The van der Waals surface area contributed by atoms with Crippen molar-refractivity contribution in [1.29, 1.82) is 0 Å². The predicted octanol–water partition coefficient (Wildman–Crippen LogP) is 3.33. The Hall–Kier alpha value is -0.650. The lowest BCUT2D eigenvalue weighted by molar-refractivity contribution is 0.553. The molecule has 1 unspecified atom stereocenters. The Bertz CT molecular complexity index is 437. The highest BCUT2D eigenvalue weighted by Gasteiger charge is 2.19. The Balaban J connectivity index is 2.32. The second kappa shape index (κ2) is 5.80. The van der Waals surface area contributed by atoms with E-state index in [1.165, 1.54) is 11.3 Å². The van der Waals surface area contributed by atoms with Gasteiger partial charge in [-0.3, -0.25) is 4.68 Å². The molecule has 0 fully saturated rings. The van der Waals surface area contributed by atoms with E-state index in [0.29, 0.717) is 0 Å². The summed E-state index contributed by atoms with van der Waals surface area (Å²) in [5.41, 5.74) is 2.48. The molecule has 1 N–H and O–H groups in total. The van der Waals surface area contributed by atoms with Crippen molar-refractivity contribution in [2.75, 3.05) is 6.54 Å². The van der Waals surface area contributed by atoms with Crippen LogP contribution < -0.4 is 5.32 Å². The summed E-state index contributed by atoms with van der Waals surface area (Å²) >= 11 is 5.32. The lowest BCUT2D eigenvalue weighted by atomic mass is 10.1. The van der Waals surface area contributed by atoms with Gasteiger partial charge in [-0.2, -0.15) is 16.4 Å². The maximum absolute atomic E-state index is 4.25. The molecule has 2 heterocycles. The number of nitrogens with one attached hydrogen (secondary N) is 1. The average molecular weight is 314 g/mol. The minimum Gasteiger partial charge on any atom is -0.305 e. The summed E-state index contributed by atoms with van der Waals surface area (Å²) in [5, 5.41) is 12.1. The van der Waals surface area contributed by atoms with Crippen LogP contribution in [0.3, 0.4) is 0 Å². The first-order chi connectivity index (χ1) is 8.24. The Kier molecular flexibility index (Phi) is 4.36. The normalized spacial score (nSPS) is 12.9. The van der Waals surface area contributed by atoms with Crippen molar-refractivity contribution < 1.29 is 0 Å². The topological polar surface area (TPSA) is 29.9 Å². The van der Waals surface area contributed by atoms with Crippen LogP contribution in [0.1, 0.15) is 30.6 Å². The fraction of sp³-hybridized carbons (Fsp3) is 0.417. The van der Waals surface area contributed by atoms with Gasteiger partial charge >= 0.3 is 0 Å². The quantitative estimate of drug-likeness (QED) is 0.917. The van der Waals surface area contributed by atoms with Crippen LogP contribution >= 0.6 is 27.3 Å². The third kappa shape index (κ3) is 2.78. The lowest BCUT2D eigenvalue weighted by Crippen LogP contribution is -2.25. The highest BCUT2D eigenvalue weighted by molar-refractivity contribution is 9.10. The van der Waals surface area contributed by atoms with Crippen LogP contribution in [0.5, 0.6) is 0 Å². The summed E-state index contributed by atoms with van der Waals surface area (Å²) in [7, 11) is 1.98. The van der Waals surface area contributed by atoms with Crippen molar-refractivity contribution in [3.05, 3.63) is 38.8 Å². The first-order valence-corrected chi connectivity index (χ1v) is 7.40. The van der Waals surface area contributed by atoms with Crippen molar-refractivity contribution in [2.45, 2.75) is 19.4 Å². The lowest BCUT2D eigenvalue weighted by Gasteiger charge is -2.18. The fourth-order valence-corrected chi connectivity index (χ4v) is 3.38. The van der Waals surface area contributed by atoms with Crippen molar-refractivity contribution in [2.24, 2.45) is 7.05 Å². The van der Waals surface area contributed by atoms with E-state index in [1.807, 2.05) is 17.9 Å². The zero-order valence-corrected chi connectivity index (χ0v) is 12.4. The molecule has 2 aromatic heterocycles. The average Bonchev–Trinajstić information content (AvgIpc) is 2.90. The van der Waals surface area contributed by atoms with E-state index in [1.54, 1.807) is 11.3 Å². The number of halogens is 1. The van der Waals surface area contributed by atoms with Gasteiger partial charge in [0.1, 0.15) is 0 Å². The molecule has 0 aliphatic carbocycles. The molecule has 0 aliphatic heterocycles. The van der Waals surface area contributed by atoms with Crippen LogP contribution in [0.4, 0.5) is 0 Å². The highest BCUT2D eigenvalue weighted by Crippen LogP contribution is 2.31. The SMILES string of the molecule is CCCNC(c1cscc1Br)c1ccnn1C. The monoisotopic (exact) mass is 313 g/mol. The number of nitrogens with zero attached hydrogens (tertiary/aromatic N) is 2. The van der Waals surface area contributed by atoms with Gasteiger partial charge in [0.2, 0.25) is 0 Å². The van der Waals surface area contributed by atoms with Crippen LogP contribution in [0.25, 0.3) is 0 Å². The smallest absolute Gasteiger partial charge is 0.0767 e. The summed E-state index contributed by atoms with van der Waals surface area (Å²) in [6.45, 7) is 3.17. The van der Waals surface area contributed by atoms with E-state index >= 15 is 0 Å². The van der Waals surface area contributed by atoms with E-state index in [2.05, 4.69) is 50.1 Å². The first-order valence-electron chi connectivity index (χ1n) is 5.67. The second-order valence-corrected chi connectivity index (χ2v) is 5.54. The number of hydrogen-bond acceptors (Lipinski definition) is 3. The third-order valence-electron chi connectivity index (χ3n) is 2.71. The largest absolute Gasteiger partial charge is 0.305 e. The molecule has 0 amide bonds. The molecule has 2 aromatic rings. The van der Waals surface area contributed by atoms with E-state index in [4.69, 9.17) is 0 Å². The fourth-order valence-electron chi connectivity index (χ4n) is 1.83. The van der Waals surface area contributed by atoms with E-state index < -0.39 is 0 Å². The van der Waals surface area contributed by atoms with Crippen LogP contribution in [0.2, 0.25) is 0 Å². The summed E-state index contributed by atoms with van der Waals surface area (Å²) < 4.78 is 3.09. The number of aryl methyl sites for hydroxylation is 1. The maximum atomic E-state index is 4.25. The van der Waals surface area contributed by atoms with Gasteiger partial charge in [0.25, 0.3) is 0 Å². The van der Waals surface area contributed by atoms with Gasteiger partial charge in [0.05, 0.1) is 11.7 Å². The Morgan fingerprint density at radius 2 is 2.35 bits per heavy atom. The molecule has 1 atom stereocenters. The first kappa shape index (κ1) is 12.8. The molecular formula is C12H16BrN3S. The summed E-state index contributed by atoms with van der Waals surface area (Å²) in [6.07, 6.45) is 2.96. The maximum Gasteiger partial charge on any atom is 0.0767 e. The summed E-state index contributed by atoms with van der Waals surface area (Å²) in [5.74, 6) is 0. The predicted molar refractivity (Wildman–Crippen MR) is 75.4 cm³/mol. The van der Waals surface area contributed by atoms with Crippen LogP contribution in [0.15, 0.2) is 27.5 Å². The van der Waals surface area contributed by atoms with Crippen LogP contribution in [0, 0.1) is 0 Å². The van der Waals surface area contributed by atoms with Gasteiger partial charge in [-0.05, 0) is 45.9 Å². The highest BCUT2D eigenvalue weighted by atomic mass is 79.9. The summed E-state index contributed by atoms with van der Waals surface area (Å²) in [6, 6.07) is 2.28. The Morgan fingerprint density at radius 3 is 2.88 bits per heavy atom.